The zero-order valence-corrected chi connectivity index (χ0v) is 11.5. The van der Waals surface area contributed by atoms with Crippen molar-refractivity contribution in [3.63, 3.8) is 0 Å². The number of nitrogens with one attached hydrogen (secondary N) is 1. The number of hydrogen-bond donors (Lipinski definition) is 1. The van der Waals surface area contributed by atoms with E-state index in [1.165, 1.54) is 32.4 Å². The van der Waals surface area contributed by atoms with Crippen LogP contribution in [0.1, 0.15) is 19.3 Å². The normalized spacial score (nSPS) is 17.9. The standard InChI is InChI=1S/C15H22N4/c1-18-10-6-13(7-11-18)5-8-16-14-3-2-4-15-17-9-12-19(14)15/h2-4,9,12-13,16H,5-8,10-11H2,1H3. The van der Waals surface area contributed by atoms with Gasteiger partial charge in [-0.25, -0.2) is 4.98 Å². The van der Waals surface area contributed by atoms with Crippen molar-refractivity contribution in [3.8, 4) is 0 Å². The van der Waals surface area contributed by atoms with Crippen molar-refractivity contribution in [2.45, 2.75) is 19.3 Å². The number of anilines is 1. The first-order valence-corrected chi connectivity index (χ1v) is 7.17. The fraction of sp³-hybridized carbons (Fsp3) is 0.533. The van der Waals surface area contributed by atoms with Crippen LogP contribution in [0.4, 0.5) is 5.82 Å². The lowest BCUT2D eigenvalue weighted by molar-refractivity contribution is 0.215. The third-order valence-electron chi connectivity index (χ3n) is 4.13. The number of imidazole rings is 1. The molecule has 1 aliphatic rings. The van der Waals surface area contributed by atoms with Crippen LogP contribution in [0.3, 0.4) is 0 Å². The highest BCUT2D eigenvalue weighted by Gasteiger charge is 2.15. The summed E-state index contributed by atoms with van der Waals surface area (Å²) in [5.74, 6) is 2.02. The van der Waals surface area contributed by atoms with Gasteiger partial charge in [0.25, 0.3) is 0 Å². The smallest absolute Gasteiger partial charge is 0.138 e. The monoisotopic (exact) mass is 258 g/mol. The molecule has 0 amide bonds. The zero-order valence-electron chi connectivity index (χ0n) is 11.5. The number of piperidine rings is 1. The minimum atomic E-state index is 0.880. The molecule has 0 aliphatic carbocycles. The van der Waals surface area contributed by atoms with Crippen LogP contribution in [0.15, 0.2) is 30.6 Å². The van der Waals surface area contributed by atoms with Crippen LogP contribution in [0, 0.1) is 5.92 Å². The molecular weight excluding hydrogens is 236 g/mol. The molecule has 0 aromatic carbocycles. The van der Waals surface area contributed by atoms with Gasteiger partial charge in [-0.3, -0.25) is 4.40 Å². The van der Waals surface area contributed by atoms with Gasteiger partial charge in [0.15, 0.2) is 0 Å². The van der Waals surface area contributed by atoms with E-state index in [2.05, 4.69) is 38.8 Å². The number of aromatic nitrogens is 2. The number of rotatable bonds is 4. The molecule has 0 atom stereocenters. The van der Waals surface area contributed by atoms with Crippen LogP contribution >= 0.6 is 0 Å². The van der Waals surface area contributed by atoms with Crippen LogP contribution in [0.5, 0.6) is 0 Å². The molecule has 4 heteroatoms. The van der Waals surface area contributed by atoms with Crippen molar-refractivity contribution < 1.29 is 0 Å². The fourth-order valence-electron chi connectivity index (χ4n) is 2.85. The SMILES string of the molecule is CN1CCC(CCNc2cccc3nccn23)CC1. The minimum absolute atomic E-state index is 0.880. The molecule has 1 N–H and O–H groups in total. The summed E-state index contributed by atoms with van der Waals surface area (Å²) in [6.45, 7) is 3.55. The van der Waals surface area contributed by atoms with Crippen molar-refractivity contribution in [1.82, 2.24) is 14.3 Å². The van der Waals surface area contributed by atoms with Gasteiger partial charge in [-0.2, -0.15) is 0 Å². The second kappa shape index (κ2) is 5.61. The lowest BCUT2D eigenvalue weighted by Gasteiger charge is -2.29. The van der Waals surface area contributed by atoms with E-state index in [1.54, 1.807) is 0 Å². The highest BCUT2D eigenvalue weighted by molar-refractivity contribution is 5.49. The average Bonchev–Trinajstić information content (AvgIpc) is 2.90. The zero-order chi connectivity index (χ0) is 13.1. The van der Waals surface area contributed by atoms with Crippen molar-refractivity contribution in [1.29, 1.82) is 0 Å². The largest absolute Gasteiger partial charge is 0.371 e. The Morgan fingerprint density at radius 1 is 1.32 bits per heavy atom. The Morgan fingerprint density at radius 2 is 2.16 bits per heavy atom. The number of nitrogens with zero attached hydrogens (tertiary/aromatic N) is 3. The topological polar surface area (TPSA) is 32.6 Å². The van der Waals surface area contributed by atoms with Crippen LogP contribution in [0.25, 0.3) is 5.65 Å². The first-order chi connectivity index (χ1) is 9.33. The van der Waals surface area contributed by atoms with E-state index in [4.69, 9.17) is 0 Å². The van der Waals surface area contributed by atoms with Crippen molar-refractivity contribution >= 4 is 11.5 Å². The molecule has 2 aromatic heterocycles. The molecule has 3 heterocycles. The van der Waals surface area contributed by atoms with Crippen molar-refractivity contribution in [2.24, 2.45) is 5.92 Å². The molecule has 4 nitrogen and oxygen atoms in total. The Labute approximate surface area is 114 Å². The summed E-state index contributed by atoms with van der Waals surface area (Å²) < 4.78 is 2.11. The van der Waals surface area contributed by atoms with Gasteiger partial charge in [0.1, 0.15) is 11.5 Å². The summed E-state index contributed by atoms with van der Waals surface area (Å²) in [5, 5.41) is 3.54. The summed E-state index contributed by atoms with van der Waals surface area (Å²) in [4.78, 5) is 6.73. The molecule has 1 fully saturated rings. The third-order valence-corrected chi connectivity index (χ3v) is 4.13. The van der Waals surface area contributed by atoms with Crippen LogP contribution in [-0.2, 0) is 0 Å². The molecule has 0 spiro atoms. The third kappa shape index (κ3) is 2.89. The van der Waals surface area contributed by atoms with Gasteiger partial charge in [0.05, 0.1) is 0 Å². The molecule has 0 radical (unpaired) electrons. The Balaban J connectivity index is 1.53. The van der Waals surface area contributed by atoms with E-state index in [9.17, 15) is 0 Å². The van der Waals surface area contributed by atoms with Crippen LogP contribution in [0.2, 0.25) is 0 Å². The molecule has 0 unspecified atom stereocenters. The number of likely N-dealkylation sites (tertiary alicyclic amines) is 1. The predicted octanol–water partition coefficient (Wildman–Crippen LogP) is 2.48. The molecule has 0 saturated carbocycles. The first kappa shape index (κ1) is 12.5. The Kier molecular flexibility index (Phi) is 3.69. The highest BCUT2D eigenvalue weighted by atomic mass is 15.1. The maximum atomic E-state index is 4.30. The summed E-state index contributed by atoms with van der Waals surface area (Å²) >= 11 is 0. The van der Waals surface area contributed by atoms with E-state index in [-0.39, 0.29) is 0 Å². The molecule has 19 heavy (non-hydrogen) atoms. The second-order valence-corrected chi connectivity index (χ2v) is 5.53. The highest BCUT2D eigenvalue weighted by Crippen LogP contribution is 2.19. The second-order valence-electron chi connectivity index (χ2n) is 5.53. The lowest BCUT2D eigenvalue weighted by Crippen LogP contribution is -2.30. The van der Waals surface area contributed by atoms with Crippen molar-refractivity contribution in [3.05, 3.63) is 30.6 Å². The van der Waals surface area contributed by atoms with E-state index in [0.717, 1.165) is 23.9 Å². The summed E-state index contributed by atoms with van der Waals surface area (Å²) in [5.41, 5.74) is 1.00. The van der Waals surface area contributed by atoms with E-state index < -0.39 is 0 Å². The summed E-state index contributed by atoms with van der Waals surface area (Å²) in [7, 11) is 2.22. The van der Waals surface area contributed by atoms with Crippen LogP contribution in [-0.4, -0.2) is 41.0 Å². The maximum absolute atomic E-state index is 4.30. The Bertz CT molecular complexity index is 526. The Morgan fingerprint density at radius 3 is 3.00 bits per heavy atom. The van der Waals surface area contributed by atoms with Gasteiger partial charge in [0.2, 0.25) is 0 Å². The number of hydrogen-bond acceptors (Lipinski definition) is 3. The molecule has 1 aliphatic heterocycles. The molecular formula is C15H22N4. The Hall–Kier alpha value is -1.55. The van der Waals surface area contributed by atoms with Crippen LogP contribution < -0.4 is 5.32 Å². The lowest BCUT2D eigenvalue weighted by atomic mass is 9.94. The maximum Gasteiger partial charge on any atom is 0.138 e. The predicted molar refractivity (Wildman–Crippen MR) is 78.5 cm³/mol. The molecule has 102 valence electrons. The molecule has 0 bridgehead atoms. The quantitative estimate of drug-likeness (QED) is 0.914. The summed E-state index contributed by atoms with van der Waals surface area (Å²) in [6, 6.07) is 6.20. The van der Waals surface area contributed by atoms with Gasteiger partial charge in [0, 0.05) is 18.9 Å². The number of fused-ring (bicyclic) bond motifs is 1. The van der Waals surface area contributed by atoms with Gasteiger partial charge in [-0.15, -0.1) is 0 Å². The molecule has 2 aromatic rings. The van der Waals surface area contributed by atoms with Gasteiger partial charge < -0.3 is 10.2 Å². The fourth-order valence-corrected chi connectivity index (χ4v) is 2.85. The van der Waals surface area contributed by atoms with E-state index >= 15 is 0 Å². The van der Waals surface area contributed by atoms with Crippen molar-refractivity contribution in [2.75, 3.05) is 32.0 Å². The summed E-state index contributed by atoms with van der Waals surface area (Å²) in [6.07, 6.45) is 7.80. The number of pyridine rings is 1. The average molecular weight is 258 g/mol. The van der Waals surface area contributed by atoms with Gasteiger partial charge in [-0.05, 0) is 57.5 Å². The molecule has 3 rings (SSSR count). The minimum Gasteiger partial charge on any atom is -0.371 e. The van der Waals surface area contributed by atoms with Gasteiger partial charge >= 0.3 is 0 Å². The van der Waals surface area contributed by atoms with E-state index in [1.807, 2.05) is 18.5 Å². The molecule has 1 saturated heterocycles. The first-order valence-electron chi connectivity index (χ1n) is 7.17. The van der Waals surface area contributed by atoms with Gasteiger partial charge in [-0.1, -0.05) is 6.07 Å². The van der Waals surface area contributed by atoms with E-state index in [0.29, 0.717) is 0 Å².